The normalized spacial score (nSPS) is 18.2. The number of nitrogens with one attached hydrogen (secondary N) is 1. The first-order valence-corrected chi connectivity index (χ1v) is 6.84. The first-order chi connectivity index (χ1) is 9.28. The maximum atomic E-state index is 13.2. The fraction of sp³-hybridized carbons (Fsp3) is 0.500. The van der Waals surface area contributed by atoms with Crippen molar-refractivity contribution < 1.29 is 4.39 Å². The van der Waals surface area contributed by atoms with Gasteiger partial charge in [0.1, 0.15) is 5.82 Å². The van der Waals surface area contributed by atoms with Gasteiger partial charge < -0.3 is 10.6 Å². The Morgan fingerprint density at radius 1 is 1.37 bits per heavy atom. The Morgan fingerprint density at radius 3 is 2.89 bits per heavy atom. The lowest BCUT2D eigenvalue weighted by Gasteiger charge is -2.30. The standard InChI is InChI=1S/C14H19FN4/c15-11-1-2-12-13(9-11)17-18-14(12)10-3-6-19(7-4-10)8-5-16/h1-2,9-10H,3-8,16H2,(H,17,18). The first kappa shape index (κ1) is 12.6. The smallest absolute Gasteiger partial charge is 0.125 e. The van der Waals surface area contributed by atoms with Gasteiger partial charge in [0.25, 0.3) is 0 Å². The third-order valence-corrected chi connectivity index (χ3v) is 3.97. The van der Waals surface area contributed by atoms with Crippen molar-refractivity contribution in [2.45, 2.75) is 18.8 Å². The first-order valence-electron chi connectivity index (χ1n) is 6.84. The van der Waals surface area contributed by atoms with Crippen LogP contribution < -0.4 is 5.73 Å². The van der Waals surface area contributed by atoms with Gasteiger partial charge in [0.15, 0.2) is 0 Å². The summed E-state index contributed by atoms with van der Waals surface area (Å²) in [4.78, 5) is 2.39. The van der Waals surface area contributed by atoms with Gasteiger partial charge in [-0.15, -0.1) is 0 Å². The predicted molar refractivity (Wildman–Crippen MR) is 73.5 cm³/mol. The average Bonchev–Trinajstić information content (AvgIpc) is 2.83. The van der Waals surface area contributed by atoms with Crippen LogP contribution in [0.3, 0.4) is 0 Å². The SMILES string of the molecule is NCCN1CCC(c2n[nH]c3cc(F)ccc23)CC1. The minimum atomic E-state index is -0.222. The fourth-order valence-electron chi connectivity index (χ4n) is 2.94. The van der Waals surface area contributed by atoms with Gasteiger partial charge in [-0.25, -0.2) is 4.39 Å². The van der Waals surface area contributed by atoms with E-state index in [9.17, 15) is 4.39 Å². The Morgan fingerprint density at radius 2 is 2.16 bits per heavy atom. The van der Waals surface area contributed by atoms with Crippen LogP contribution in [0, 0.1) is 5.82 Å². The Bertz CT molecular complexity index is 558. The number of likely N-dealkylation sites (tertiary alicyclic amines) is 1. The summed E-state index contributed by atoms with van der Waals surface area (Å²) >= 11 is 0. The number of nitrogens with zero attached hydrogens (tertiary/aromatic N) is 2. The molecule has 5 heteroatoms. The van der Waals surface area contributed by atoms with Crippen molar-refractivity contribution in [2.24, 2.45) is 5.73 Å². The number of fused-ring (bicyclic) bond motifs is 1. The molecule has 102 valence electrons. The van der Waals surface area contributed by atoms with E-state index >= 15 is 0 Å². The van der Waals surface area contributed by atoms with Gasteiger partial charge in [0.2, 0.25) is 0 Å². The van der Waals surface area contributed by atoms with Gasteiger partial charge in [-0.05, 0) is 44.1 Å². The van der Waals surface area contributed by atoms with E-state index in [4.69, 9.17) is 5.73 Å². The molecule has 1 fully saturated rings. The van der Waals surface area contributed by atoms with Gasteiger partial charge in [0.05, 0.1) is 11.2 Å². The summed E-state index contributed by atoms with van der Waals surface area (Å²) in [5, 5.41) is 8.39. The maximum Gasteiger partial charge on any atom is 0.125 e. The van der Waals surface area contributed by atoms with Gasteiger partial charge in [0, 0.05) is 24.4 Å². The van der Waals surface area contributed by atoms with Crippen molar-refractivity contribution >= 4 is 10.9 Å². The largest absolute Gasteiger partial charge is 0.329 e. The van der Waals surface area contributed by atoms with E-state index in [2.05, 4.69) is 15.1 Å². The minimum absolute atomic E-state index is 0.222. The van der Waals surface area contributed by atoms with E-state index in [1.807, 2.05) is 6.07 Å². The molecule has 2 aromatic rings. The van der Waals surface area contributed by atoms with Crippen LogP contribution in [-0.4, -0.2) is 41.3 Å². The van der Waals surface area contributed by atoms with Crippen molar-refractivity contribution in [1.29, 1.82) is 0 Å². The summed E-state index contributed by atoms with van der Waals surface area (Å²) in [5.74, 6) is 0.244. The number of piperidine rings is 1. The van der Waals surface area contributed by atoms with Gasteiger partial charge in [-0.2, -0.15) is 5.10 Å². The summed E-state index contributed by atoms with van der Waals surface area (Å²) in [7, 11) is 0. The van der Waals surface area contributed by atoms with Crippen LogP contribution in [0.4, 0.5) is 4.39 Å². The Labute approximate surface area is 111 Å². The second-order valence-corrected chi connectivity index (χ2v) is 5.20. The maximum absolute atomic E-state index is 13.2. The molecule has 1 aliphatic heterocycles. The molecule has 0 amide bonds. The predicted octanol–water partition coefficient (Wildman–Crippen LogP) is 1.84. The Balaban J connectivity index is 1.78. The number of rotatable bonds is 3. The quantitative estimate of drug-likeness (QED) is 0.887. The monoisotopic (exact) mass is 262 g/mol. The highest BCUT2D eigenvalue weighted by molar-refractivity contribution is 5.81. The van der Waals surface area contributed by atoms with Crippen LogP contribution in [0.1, 0.15) is 24.5 Å². The average molecular weight is 262 g/mol. The van der Waals surface area contributed by atoms with Crippen molar-refractivity contribution in [2.75, 3.05) is 26.2 Å². The lowest BCUT2D eigenvalue weighted by molar-refractivity contribution is 0.216. The number of H-pyrrole nitrogens is 1. The summed E-state index contributed by atoms with van der Waals surface area (Å²) < 4.78 is 13.2. The lowest BCUT2D eigenvalue weighted by Crippen LogP contribution is -2.36. The van der Waals surface area contributed by atoms with Gasteiger partial charge in [-0.3, -0.25) is 5.10 Å². The number of halogens is 1. The molecule has 1 aliphatic rings. The molecule has 0 bridgehead atoms. The van der Waals surface area contributed by atoms with Crippen LogP contribution in [-0.2, 0) is 0 Å². The summed E-state index contributed by atoms with van der Waals surface area (Å²) in [5.41, 5.74) is 7.46. The zero-order valence-corrected chi connectivity index (χ0v) is 10.9. The van der Waals surface area contributed by atoms with Crippen LogP contribution in [0.2, 0.25) is 0 Å². The summed E-state index contributed by atoms with van der Waals surface area (Å²) in [6.07, 6.45) is 2.19. The zero-order valence-electron chi connectivity index (χ0n) is 10.9. The molecule has 0 spiro atoms. The third-order valence-electron chi connectivity index (χ3n) is 3.97. The number of nitrogens with two attached hydrogens (primary N) is 1. The molecule has 4 nitrogen and oxygen atoms in total. The van der Waals surface area contributed by atoms with Gasteiger partial charge in [-0.1, -0.05) is 0 Å². The molecule has 0 aliphatic carbocycles. The van der Waals surface area contributed by atoms with E-state index in [1.165, 1.54) is 12.1 Å². The highest BCUT2D eigenvalue weighted by Crippen LogP contribution is 2.31. The van der Waals surface area contributed by atoms with E-state index in [0.29, 0.717) is 5.92 Å². The number of hydrogen-bond donors (Lipinski definition) is 2. The number of benzene rings is 1. The Kier molecular flexibility index (Phi) is 3.48. The van der Waals surface area contributed by atoms with Crippen LogP contribution >= 0.6 is 0 Å². The van der Waals surface area contributed by atoms with Crippen molar-refractivity contribution in [3.8, 4) is 0 Å². The molecule has 1 aromatic carbocycles. The summed E-state index contributed by atoms with van der Waals surface area (Å²) in [6.45, 7) is 3.82. The highest BCUT2D eigenvalue weighted by Gasteiger charge is 2.23. The molecule has 19 heavy (non-hydrogen) atoms. The van der Waals surface area contributed by atoms with E-state index in [1.54, 1.807) is 0 Å². The topological polar surface area (TPSA) is 57.9 Å². The molecule has 3 rings (SSSR count). The molecular weight excluding hydrogens is 243 g/mol. The van der Waals surface area contributed by atoms with Gasteiger partial charge >= 0.3 is 0 Å². The lowest BCUT2D eigenvalue weighted by atomic mass is 9.91. The molecule has 3 N–H and O–H groups in total. The molecule has 0 unspecified atom stereocenters. The van der Waals surface area contributed by atoms with Crippen LogP contribution in [0.15, 0.2) is 18.2 Å². The summed E-state index contributed by atoms with van der Waals surface area (Å²) in [6, 6.07) is 4.84. The number of aromatic nitrogens is 2. The molecular formula is C14H19FN4. The molecule has 0 atom stereocenters. The van der Waals surface area contributed by atoms with E-state index in [0.717, 1.165) is 55.6 Å². The van der Waals surface area contributed by atoms with E-state index < -0.39 is 0 Å². The minimum Gasteiger partial charge on any atom is -0.329 e. The van der Waals surface area contributed by atoms with Crippen LogP contribution in [0.25, 0.3) is 10.9 Å². The molecule has 0 radical (unpaired) electrons. The number of hydrogen-bond acceptors (Lipinski definition) is 3. The van der Waals surface area contributed by atoms with Crippen molar-refractivity contribution in [3.63, 3.8) is 0 Å². The highest BCUT2D eigenvalue weighted by atomic mass is 19.1. The van der Waals surface area contributed by atoms with Crippen molar-refractivity contribution in [3.05, 3.63) is 29.7 Å². The van der Waals surface area contributed by atoms with Crippen LogP contribution in [0.5, 0.6) is 0 Å². The second-order valence-electron chi connectivity index (χ2n) is 5.20. The zero-order chi connectivity index (χ0) is 13.2. The fourth-order valence-corrected chi connectivity index (χ4v) is 2.94. The Hall–Kier alpha value is -1.46. The third kappa shape index (κ3) is 2.48. The molecule has 0 saturated carbocycles. The molecule has 2 heterocycles. The molecule has 1 aromatic heterocycles. The van der Waals surface area contributed by atoms with E-state index in [-0.39, 0.29) is 5.82 Å². The second kappa shape index (κ2) is 5.27. The molecule has 1 saturated heterocycles. The van der Waals surface area contributed by atoms with Crippen molar-refractivity contribution in [1.82, 2.24) is 15.1 Å². The number of aromatic amines is 1.